The van der Waals surface area contributed by atoms with E-state index in [4.69, 9.17) is 14.0 Å². The predicted molar refractivity (Wildman–Crippen MR) is 98.0 cm³/mol. The number of phosphoric acid groups is 1. The summed E-state index contributed by atoms with van der Waals surface area (Å²) in [7, 11) is 0.414. The van der Waals surface area contributed by atoms with Crippen molar-refractivity contribution in [2.24, 2.45) is 0 Å². The number of phosphoric ester groups is 1. The summed E-state index contributed by atoms with van der Waals surface area (Å²) in [6.07, 6.45) is 2.72. The van der Waals surface area contributed by atoms with Gasteiger partial charge in [-0.05, 0) is 25.0 Å². The molecular formula is C17H23N2O6P. The van der Waals surface area contributed by atoms with Crippen LogP contribution in [-0.4, -0.2) is 50.4 Å². The van der Waals surface area contributed by atoms with Crippen LogP contribution in [0.5, 0.6) is 11.5 Å². The third-order valence-corrected chi connectivity index (χ3v) is 5.55. The molecule has 142 valence electrons. The molecule has 0 spiro atoms. The SMILES string of the molecule is COc1cc2nccc(N3CCC(OP(=O)(O)OC)CC3)c2cc1OC. The van der Waals surface area contributed by atoms with Crippen LogP contribution in [0.25, 0.3) is 10.9 Å². The molecule has 0 amide bonds. The van der Waals surface area contributed by atoms with Gasteiger partial charge < -0.3 is 19.3 Å². The van der Waals surface area contributed by atoms with Gasteiger partial charge in [0, 0.05) is 43.5 Å². The van der Waals surface area contributed by atoms with Gasteiger partial charge in [0.1, 0.15) is 0 Å². The van der Waals surface area contributed by atoms with Gasteiger partial charge in [0.25, 0.3) is 0 Å². The Kier molecular flexibility index (Phi) is 5.67. The standard InChI is InChI=1S/C17H23N2O6P/c1-22-16-10-13-14(11-17(16)23-2)18-7-4-15(13)19-8-5-12(6-9-19)25-26(20,21)24-3/h4,7,10-12H,5-6,8-9H2,1-3H3,(H,20,21). The van der Waals surface area contributed by atoms with E-state index in [1.165, 1.54) is 7.11 Å². The van der Waals surface area contributed by atoms with E-state index < -0.39 is 7.82 Å². The molecule has 1 aliphatic heterocycles. The van der Waals surface area contributed by atoms with Crippen LogP contribution in [0.15, 0.2) is 24.4 Å². The molecule has 1 unspecified atom stereocenters. The van der Waals surface area contributed by atoms with Gasteiger partial charge in [0.15, 0.2) is 11.5 Å². The van der Waals surface area contributed by atoms with Crippen molar-refractivity contribution in [2.75, 3.05) is 39.3 Å². The highest BCUT2D eigenvalue weighted by Gasteiger charge is 2.29. The molecule has 3 rings (SSSR count). The third kappa shape index (κ3) is 3.94. The lowest BCUT2D eigenvalue weighted by atomic mass is 10.1. The average Bonchev–Trinajstić information content (AvgIpc) is 2.66. The number of methoxy groups -OCH3 is 2. The number of fused-ring (bicyclic) bond motifs is 1. The molecule has 0 bridgehead atoms. The Hall–Kier alpha value is -1.86. The Bertz CT molecular complexity index is 822. The largest absolute Gasteiger partial charge is 0.493 e. The fourth-order valence-corrected chi connectivity index (χ4v) is 3.84. The van der Waals surface area contributed by atoms with Gasteiger partial charge in [-0.3, -0.25) is 14.0 Å². The Morgan fingerprint density at radius 1 is 1.15 bits per heavy atom. The van der Waals surface area contributed by atoms with Gasteiger partial charge in [-0.15, -0.1) is 0 Å². The Balaban J connectivity index is 1.82. The number of ether oxygens (including phenoxy) is 2. The zero-order chi connectivity index (χ0) is 18.7. The third-order valence-electron chi connectivity index (χ3n) is 4.52. The van der Waals surface area contributed by atoms with E-state index >= 15 is 0 Å². The summed E-state index contributed by atoms with van der Waals surface area (Å²) in [4.78, 5) is 16.1. The zero-order valence-electron chi connectivity index (χ0n) is 15.0. The Labute approximate surface area is 152 Å². The number of pyridine rings is 1. The van der Waals surface area contributed by atoms with Crippen molar-refractivity contribution < 1.29 is 28.0 Å². The predicted octanol–water partition coefficient (Wildman–Crippen LogP) is 2.98. The molecular weight excluding hydrogens is 359 g/mol. The molecule has 2 aromatic rings. The molecule has 1 aromatic heterocycles. The molecule has 1 aromatic carbocycles. The Morgan fingerprint density at radius 3 is 2.42 bits per heavy atom. The summed E-state index contributed by atoms with van der Waals surface area (Å²) in [5, 5.41) is 0.967. The topological polar surface area (TPSA) is 90.4 Å². The number of piperidine rings is 1. The smallest absolute Gasteiger partial charge is 0.472 e. The minimum absolute atomic E-state index is 0.301. The summed E-state index contributed by atoms with van der Waals surface area (Å²) in [6.45, 7) is 1.39. The van der Waals surface area contributed by atoms with Gasteiger partial charge in [0.2, 0.25) is 0 Å². The van der Waals surface area contributed by atoms with Crippen molar-refractivity contribution in [2.45, 2.75) is 18.9 Å². The maximum atomic E-state index is 11.6. The summed E-state index contributed by atoms with van der Waals surface area (Å²) in [6, 6.07) is 5.74. The van der Waals surface area contributed by atoms with Crippen LogP contribution in [0.3, 0.4) is 0 Å². The highest BCUT2D eigenvalue weighted by Crippen LogP contribution is 2.45. The molecule has 1 atom stereocenters. The van der Waals surface area contributed by atoms with Gasteiger partial charge >= 0.3 is 7.82 Å². The first-order valence-corrected chi connectivity index (χ1v) is 9.79. The van der Waals surface area contributed by atoms with E-state index in [1.54, 1.807) is 20.4 Å². The number of anilines is 1. The van der Waals surface area contributed by atoms with E-state index in [0.29, 0.717) is 37.4 Å². The van der Waals surface area contributed by atoms with E-state index in [0.717, 1.165) is 16.6 Å². The summed E-state index contributed by atoms with van der Waals surface area (Å²) in [5.74, 6) is 1.28. The van der Waals surface area contributed by atoms with Crippen molar-refractivity contribution in [1.82, 2.24) is 4.98 Å². The summed E-state index contributed by atoms with van der Waals surface area (Å²) >= 11 is 0. The molecule has 1 aliphatic rings. The lowest BCUT2D eigenvalue weighted by Crippen LogP contribution is -2.36. The lowest BCUT2D eigenvalue weighted by molar-refractivity contribution is 0.102. The van der Waals surface area contributed by atoms with E-state index in [2.05, 4.69) is 14.4 Å². The molecule has 8 nitrogen and oxygen atoms in total. The first-order chi connectivity index (χ1) is 12.5. The number of aromatic nitrogens is 1. The van der Waals surface area contributed by atoms with E-state index in [1.807, 2.05) is 18.2 Å². The average molecular weight is 382 g/mol. The second-order valence-electron chi connectivity index (χ2n) is 6.00. The quantitative estimate of drug-likeness (QED) is 0.763. The number of hydrogen-bond donors (Lipinski definition) is 1. The van der Waals surface area contributed by atoms with Gasteiger partial charge in [0.05, 0.1) is 25.8 Å². The molecule has 1 N–H and O–H groups in total. The van der Waals surface area contributed by atoms with Crippen molar-refractivity contribution in [3.63, 3.8) is 0 Å². The van der Waals surface area contributed by atoms with Crippen LogP contribution in [0.2, 0.25) is 0 Å². The normalized spacial score (nSPS) is 17.9. The van der Waals surface area contributed by atoms with Gasteiger partial charge in [-0.2, -0.15) is 0 Å². The van der Waals surface area contributed by atoms with Gasteiger partial charge in [-0.25, -0.2) is 4.57 Å². The van der Waals surface area contributed by atoms with Crippen molar-refractivity contribution in [3.8, 4) is 11.5 Å². The number of benzene rings is 1. The van der Waals surface area contributed by atoms with Gasteiger partial charge in [-0.1, -0.05) is 0 Å². The fraction of sp³-hybridized carbons (Fsp3) is 0.471. The highest BCUT2D eigenvalue weighted by atomic mass is 31.2. The Morgan fingerprint density at radius 2 is 1.81 bits per heavy atom. The van der Waals surface area contributed by atoms with E-state index in [-0.39, 0.29) is 6.10 Å². The summed E-state index contributed by atoms with van der Waals surface area (Å²) < 4.78 is 32.0. The van der Waals surface area contributed by atoms with Crippen molar-refractivity contribution in [1.29, 1.82) is 0 Å². The number of nitrogens with zero attached hydrogens (tertiary/aromatic N) is 2. The van der Waals surface area contributed by atoms with E-state index in [9.17, 15) is 9.46 Å². The second kappa shape index (κ2) is 7.80. The van der Waals surface area contributed by atoms with Crippen LogP contribution < -0.4 is 14.4 Å². The van der Waals surface area contributed by atoms with Crippen LogP contribution in [0.4, 0.5) is 5.69 Å². The van der Waals surface area contributed by atoms with Crippen LogP contribution in [-0.2, 0) is 13.6 Å². The molecule has 1 saturated heterocycles. The maximum absolute atomic E-state index is 11.6. The fourth-order valence-electron chi connectivity index (χ4n) is 3.17. The second-order valence-corrected chi connectivity index (χ2v) is 7.51. The first kappa shape index (κ1) is 18.9. The minimum atomic E-state index is -3.95. The molecule has 2 heterocycles. The maximum Gasteiger partial charge on any atom is 0.472 e. The molecule has 0 radical (unpaired) electrons. The molecule has 0 saturated carbocycles. The minimum Gasteiger partial charge on any atom is -0.493 e. The molecule has 9 heteroatoms. The van der Waals surface area contributed by atoms with Crippen molar-refractivity contribution in [3.05, 3.63) is 24.4 Å². The summed E-state index contributed by atoms with van der Waals surface area (Å²) in [5.41, 5.74) is 1.85. The molecule has 0 aliphatic carbocycles. The number of rotatable bonds is 6. The lowest BCUT2D eigenvalue weighted by Gasteiger charge is -2.34. The highest BCUT2D eigenvalue weighted by molar-refractivity contribution is 7.47. The number of hydrogen-bond acceptors (Lipinski definition) is 7. The van der Waals surface area contributed by atoms with Crippen molar-refractivity contribution >= 4 is 24.4 Å². The molecule has 26 heavy (non-hydrogen) atoms. The van der Waals surface area contributed by atoms with Crippen LogP contribution in [0, 0.1) is 0 Å². The molecule has 1 fully saturated rings. The van der Waals surface area contributed by atoms with Crippen LogP contribution >= 0.6 is 7.82 Å². The monoisotopic (exact) mass is 382 g/mol. The van der Waals surface area contributed by atoms with Crippen LogP contribution in [0.1, 0.15) is 12.8 Å². The zero-order valence-corrected chi connectivity index (χ0v) is 15.9. The first-order valence-electron chi connectivity index (χ1n) is 8.30.